The van der Waals surface area contributed by atoms with Gasteiger partial charge in [-0.25, -0.2) is 4.99 Å². The normalized spacial score (nSPS) is 13.5. The van der Waals surface area contributed by atoms with Gasteiger partial charge < -0.3 is 5.73 Å². The van der Waals surface area contributed by atoms with E-state index in [2.05, 4.69) is 65.7 Å². The van der Waals surface area contributed by atoms with Crippen LogP contribution in [0.25, 0.3) is 6.08 Å². The van der Waals surface area contributed by atoms with E-state index in [-0.39, 0.29) is 28.3 Å². The number of rotatable bonds is 4. The first-order valence-electron chi connectivity index (χ1n) is 9.68. The quantitative estimate of drug-likeness (QED) is 0.724. The molecule has 2 aromatic rings. The second-order valence-electron chi connectivity index (χ2n) is 6.54. The van der Waals surface area contributed by atoms with E-state index >= 15 is 0 Å². The molecule has 0 atom stereocenters. The van der Waals surface area contributed by atoms with Crippen LogP contribution >= 0.6 is 0 Å². The summed E-state index contributed by atoms with van der Waals surface area (Å²) < 4.78 is 0. The molecule has 0 bridgehead atoms. The summed E-state index contributed by atoms with van der Waals surface area (Å²) in [6.07, 6.45) is 5.35. The van der Waals surface area contributed by atoms with Gasteiger partial charge in [0.25, 0.3) is 0 Å². The molecule has 0 fully saturated rings. The van der Waals surface area contributed by atoms with Crippen molar-refractivity contribution in [3.8, 4) is 30.3 Å². The van der Waals surface area contributed by atoms with Crippen molar-refractivity contribution in [1.82, 2.24) is 0 Å². The molecule has 7 heteroatoms. The fraction of sp³-hybridized carbons (Fsp3) is 0.0769. The third-order valence-corrected chi connectivity index (χ3v) is 4.43. The van der Waals surface area contributed by atoms with Gasteiger partial charge in [-0.3, -0.25) is 0 Å². The number of benzene rings is 2. The van der Waals surface area contributed by atoms with Crippen LogP contribution in [-0.2, 0) is 6.42 Å². The summed E-state index contributed by atoms with van der Waals surface area (Å²) in [5.74, 6) is -1.56. The highest BCUT2D eigenvalue weighted by atomic mass is 14.9. The number of amidine groups is 1. The number of hydrogen-bond acceptors (Lipinski definition) is 7. The zero-order valence-corrected chi connectivity index (χ0v) is 17.5. The van der Waals surface area contributed by atoms with Crippen molar-refractivity contribution < 1.29 is 0 Å². The molecule has 2 N–H and O–H groups in total. The fourth-order valence-electron chi connectivity index (χ4n) is 2.82. The van der Waals surface area contributed by atoms with Crippen LogP contribution in [0.15, 0.2) is 94.1 Å². The topological polar surface area (TPSA) is 157 Å². The zero-order chi connectivity index (χ0) is 24.1. The third kappa shape index (κ3) is 6.28. The van der Waals surface area contributed by atoms with Crippen molar-refractivity contribution in [2.45, 2.75) is 6.42 Å². The predicted molar refractivity (Wildman–Crippen MR) is 123 cm³/mol. The maximum atomic E-state index is 8.94. The number of nitrogens with zero attached hydrogens (tertiary/aromatic N) is 6. The van der Waals surface area contributed by atoms with E-state index in [1.54, 1.807) is 30.3 Å². The lowest BCUT2D eigenvalue weighted by atomic mass is 9.97. The summed E-state index contributed by atoms with van der Waals surface area (Å²) in [7, 11) is 0. The predicted octanol–water partition coefficient (Wildman–Crippen LogP) is 4.08. The molecule has 0 aromatic heterocycles. The fourth-order valence-corrected chi connectivity index (χ4v) is 2.82. The highest BCUT2D eigenvalue weighted by Crippen LogP contribution is 2.28. The molecule has 1 aliphatic rings. The monoisotopic (exact) mass is 427 g/mol. The average Bonchev–Trinajstić information content (AvgIpc) is 3.18. The van der Waals surface area contributed by atoms with Crippen molar-refractivity contribution in [2.24, 2.45) is 16.6 Å². The maximum Gasteiger partial charge on any atom is 0.170 e. The molecule has 0 unspecified atom stereocenters. The zero-order valence-electron chi connectivity index (χ0n) is 17.5. The Bertz CT molecular complexity index is 1310. The van der Waals surface area contributed by atoms with Crippen molar-refractivity contribution in [3.63, 3.8) is 0 Å². The summed E-state index contributed by atoms with van der Waals surface area (Å²) in [6, 6.07) is 29.1. The van der Waals surface area contributed by atoms with Gasteiger partial charge in [0.2, 0.25) is 0 Å². The Balaban J connectivity index is 0.000000237. The Morgan fingerprint density at radius 2 is 1.42 bits per heavy atom. The van der Waals surface area contributed by atoms with Crippen LogP contribution in [0.1, 0.15) is 11.1 Å². The highest BCUT2D eigenvalue weighted by Gasteiger charge is 2.28. The van der Waals surface area contributed by atoms with E-state index in [0.717, 1.165) is 6.42 Å². The van der Waals surface area contributed by atoms with Gasteiger partial charge in [0.1, 0.15) is 34.8 Å². The van der Waals surface area contributed by atoms with Crippen LogP contribution in [0, 0.1) is 62.6 Å². The molecule has 156 valence electrons. The second kappa shape index (κ2) is 12.3. The highest BCUT2D eigenvalue weighted by molar-refractivity contribution is 6.06. The lowest BCUT2D eigenvalue weighted by Crippen LogP contribution is -2.10. The molecular formula is C26H17N7. The molecule has 33 heavy (non-hydrogen) atoms. The summed E-state index contributed by atoms with van der Waals surface area (Å²) in [6.45, 7) is 0. The van der Waals surface area contributed by atoms with Crippen molar-refractivity contribution in [3.05, 3.63) is 100 Å². The summed E-state index contributed by atoms with van der Waals surface area (Å²) in [5.41, 5.74) is 7.22. The standard InChI is InChI=1S/C15H14.C11H3N7/c1-3-8-14(9-4-1)12-7-13-15-10-5-2-6-11-15;12-1-6(2-13)7(3-14)10-8(4-15)9(5-16)11(17)18-10/h1-12H,13H2;6H,(H2,17,18). The molecule has 0 spiro atoms. The largest absolute Gasteiger partial charge is 0.383 e. The lowest BCUT2D eigenvalue weighted by molar-refractivity contribution is 1.01. The SMILES string of the molecule is C(=Cc1ccccc1)Cc1ccccc1.N#CC1=C(C#N)C(=C(C#N)C(C#N)C#N)N=C1N. The molecular weight excluding hydrogens is 410 g/mol. The Kier molecular flexibility index (Phi) is 8.90. The molecule has 2 aromatic carbocycles. The second-order valence-corrected chi connectivity index (χ2v) is 6.54. The van der Waals surface area contributed by atoms with E-state index in [1.165, 1.54) is 11.1 Å². The molecule has 7 nitrogen and oxygen atoms in total. The smallest absolute Gasteiger partial charge is 0.170 e. The van der Waals surface area contributed by atoms with Gasteiger partial charge in [-0.15, -0.1) is 0 Å². The van der Waals surface area contributed by atoms with Gasteiger partial charge >= 0.3 is 0 Å². The minimum atomic E-state index is -1.36. The van der Waals surface area contributed by atoms with Crippen molar-refractivity contribution >= 4 is 11.9 Å². The van der Waals surface area contributed by atoms with E-state index < -0.39 is 5.92 Å². The lowest BCUT2D eigenvalue weighted by Gasteiger charge is -2.00. The van der Waals surface area contributed by atoms with Gasteiger partial charge in [-0.05, 0) is 17.5 Å². The van der Waals surface area contributed by atoms with Crippen LogP contribution in [0.4, 0.5) is 0 Å². The molecule has 3 rings (SSSR count). The van der Waals surface area contributed by atoms with Gasteiger partial charge in [-0.2, -0.15) is 26.3 Å². The number of nitriles is 5. The summed E-state index contributed by atoms with van der Waals surface area (Å²) in [4.78, 5) is 3.71. The van der Waals surface area contributed by atoms with Crippen LogP contribution in [-0.4, -0.2) is 5.84 Å². The molecule has 0 saturated carbocycles. The minimum absolute atomic E-state index is 0.158. The number of hydrogen-bond donors (Lipinski definition) is 1. The van der Waals surface area contributed by atoms with Crippen LogP contribution < -0.4 is 5.73 Å². The summed E-state index contributed by atoms with van der Waals surface area (Å²) >= 11 is 0. The first-order chi connectivity index (χ1) is 16.1. The van der Waals surface area contributed by atoms with E-state index in [9.17, 15) is 0 Å². The molecule has 0 amide bonds. The van der Waals surface area contributed by atoms with E-state index in [0.29, 0.717) is 0 Å². The maximum absolute atomic E-state index is 8.94. The first kappa shape index (κ1) is 23.9. The molecule has 0 aliphatic carbocycles. The van der Waals surface area contributed by atoms with E-state index in [1.807, 2.05) is 12.1 Å². The average molecular weight is 427 g/mol. The van der Waals surface area contributed by atoms with Crippen LogP contribution in [0.3, 0.4) is 0 Å². The first-order valence-corrected chi connectivity index (χ1v) is 9.68. The minimum Gasteiger partial charge on any atom is -0.383 e. The van der Waals surface area contributed by atoms with Crippen LogP contribution in [0.2, 0.25) is 0 Å². The number of allylic oxidation sites excluding steroid dienone is 3. The summed E-state index contributed by atoms with van der Waals surface area (Å²) in [5, 5.41) is 44.1. The van der Waals surface area contributed by atoms with Crippen molar-refractivity contribution in [2.75, 3.05) is 0 Å². The number of nitrogens with two attached hydrogens (primary N) is 1. The molecule has 1 heterocycles. The Morgan fingerprint density at radius 1 is 0.848 bits per heavy atom. The van der Waals surface area contributed by atoms with Gasteiger partial charge in [0.05, 0.1) is 23.8 Å². The van der Waals surface area contributed by atoms with Crippen molar-refractivity contribution in [1.29, 1.82) is 26.3 Å². The molecule has 1 aliphatic heterocycles. The van der Waals surface area contributed by atoms with Gasteiger partial charge in [-0.1, -0.05) is 72.8 Å². The van der Waals surface area contributed by atoms with Crippen LogP contribution in [0.5, 0.6) is 0 Å². The molecule has 0 saturated heterocycles. The van der Waals surface area contributed by atoms with Gasteiger partial charge in [0.15, 0.2) is 5.92 Å². The Labute approximate surface area is 192 Å². The van der Waals surface area contributed by atoms with Gasteiger partial charge in [0, 0.05) is 0 Å². The number of aliphatic imine (C=N–C) groups is 1. The van der Waals surface area contributed by atoms with E-state index in [4.69, 9.17) is 32.0 Å². The molecule has 0 radical (unpaired) electrons. The Hall–Kier alpha value is -5.42. The third-order valence-electron chi connectivity index (χ3n) is 4.43. The Morgan fingerprint density at radius 3 is 1.94 bits per heavy atom.